The number of nitrogens with two attached hydrogens (primary N) is 1. The minimum atomic E-state index is -0.320. The van der Waals surface area contributed by atoms with Crippen molar-refractivity contribution in [3.8, 4) is 0 Å². The molecule has 1 amide bonds. The first kappa shape index (κ1) is 20.0. The van der Waals surface area contributed by atoms with Crippen LogP contribution in [0.5, 0.6) is 0 Å². The van der Waals surface area contributed by atoms with Gasteiger partial charge in [-0.1, -0.05) is 0 Å². The number of methoxy groups -OCH3 is 1. The van der Waals surface area contributed by atoms with Gasteiger partial charge in [0.2, 0.25) is 11.9 Å². The summed E-state index contributed by atoms with van der Waals surface area (Å²) < 4.78 is 12.6. The molecule has 0 aliphatic carbocycles. The molecule has 3 N–H and O–H groups in total. The highest BCUT2D eigenvalue weighted by molar-refractivity contribution is 5.79. The predicted octanol–water partition coefficient (Wildman–Crippen LogP) is -0.892. The van der Waals surface area contributed by atoms with Crippen molar-refractivity contribution in [2.45, 2.75) is 13.0 Å². The van der Waals surface area contributed by atoms with E-state index in [0.717, 1.165) is 5.82 Å². The van der Waals surface area contributed by atoms with Crippen molar-refractivity contribution in [1.82, 2.24) is 30.0 Å². The second-order valence-corrected chi connectivity index (χ2v) is 6.47. The monoisotopic (exact) mass is 390 g/mol. The summed E-state index contributed by atoms with van der Waals surface area (Å²) in [6.45, 7) is 3.67. The maximum absolute atomic E-state index is 12.6. The Bertz CT molecular complexity index is 768. The Labute approximate surface area is 163 Å². The van der Waals surface area contributed by atoms with Gasteiger partial charge in [0, 0.05) is 45.9 Å². The molecule has 2 aromatic rings. The molecule has 11 heteroatoms. The van der Waals surface area contributed by atoms with Gasteiger partial charge in [-0.15, -0.1) is 10.2 Å². The van der Waals surface area contributed by atoms with Crippen LogP contribution in [0.3, 0.4) is 0 Å². The fourth-order valence-electron chi connectivity index (χ4n) is 2.96. The zero-order valence-corrected chi connectivity index (χ0v) is 16.0. The van der Waals surface area contributed by atoms with Crippen molar-refractivity contribution in [2.24, 2.45) is 5.92 Å². The van der Waals surface area contributed by atoms with E-state index < -0.39 is 0 Å². The molecular weight excluding hydrogens is 364 g/mol. The molecule has 0 spiro atoms. The maximum atomic E-state index is 12.6. The molecule has 1 fully saturated rings. The van der Waals surface area contributed by atoms with Crippen LogP contribution >= 0.6 is 0 Å². The summed E-state index contributed by atoms with van der Waals surface area (Å²) in [4.78, 5) is 23.0. The molecule has 0 radical (unpaired) electrons. The average molecular weight is 390 g/mol. The third-order valence-corrected chi connectivity index (χ3v) is 4.46. The lowest BCUT2D eigenvalue weighted by Gasteiger charge is -2.23. The number of nitrogens with one attached hydrogen (secondary N) is 1. The number of aromatic nitrogens is 5. The molecule has 28 heavy (non-hydrogen) atoms. The number of anilines is 2. The smallest absolute Gasteiger partial charge is 0.227 e. The molecule has 152 valence electrons. The lowest BCUT2D eigenvalue weighted by molar-refractivity contribution is -0.126. The van der Waals surface area contributed by atoms with Gasteiger partial charge in [0.05, 0.1) is 25.7 Å². The molecule has 1 saturated heterocycles. The van der Waals surface area contributed by atoms with Crippen LogP contribution in [0, 0.1) is 5.92 Å². The quantitative estimate of drug-likeness (QED) is 0.588. The molecule has 1 unspecified atom stereocenters. The van der Waals surface area contributed by atoms with E-state index in [-0.39, 0.29) is 11.8 Å². The van der Waals surface area contributed by atoms with Crippen LogP contribution in [0.25, 0.3) is 0 Å². The lowest BCUT2D eigenvalue weighted by atomic mass is 10.1. The molecule has 0 saturated carbocycles. The van der Waals surface area contributed by atoms with Gasteiger partial charge in [0.15, 0.2) is 0 Å². The first-order valence-corrected chi connectivity index (χ1v) is 9.22. The van der Waals surface area contributed by atoms with Crippen LogP contribution in [0.2, 0.25) is 0 Å². The number of carbonyl (C=O) groups excluding carboxylic acids is 1. The molecule has 3 rings (SSSR count). The van der Waals surface area contributed by atoms with Crippen LogP contribution in [-0.4, -0.2) is 77.2 Å². The van der Waals surface area contributed by atoms with E-state index in [1.807, 2.05) is 9.47 Å². The number of carbonyl (C=O) groups is 1. The van der Waals surface area contributed by atoms with Crippen molar-refractivity contribution >= 4 is 17.7 Å². The summed E-state index contributed by atoms with van der Waals surface area (Å²) in [7, 11) is 1.65. The van der Waals surface area contributed by atoms with Gasteiger partial charge in [-0.25, -0.2) is 4.98 Å². The van der Waals surface area contributed by atoms with Gasteiger partial charge in [-0.3, -0.25) is 4.79 Å². The Morgan fingerprint density at radius 1 is 1.50 bits per heavy atom. The van der Waals surface area contributed by atoms with Crippen LogP contribution in [0.1, 0.15) is 5.82 Å². The Balaban J connectivity index is 1.52. The van der Waals surface area contributed by atoms with Crippen LogP contribution < -0.4 is 16.0 Å². The van der Waals surface area contributed by atoms with Crippen molar-refractivity contribution < 1.29 is 14.3 Å². The fourth-order valence-corrected chi connectivity index (χ4v) is 2.96. The Hall–Kier alpha value is -2.79. The van der Waals surface area contributed by atoms with Gasteiger partial charge < -0.3 is 30.0 Å². The van der Waals surface area contributed by atoms with E-state index in [9.17, 15) is 4.79 Å². The van der Waals surface area contributed by atoms with Crippen molar-refractivity contribution in [3.05, 3.63) is 24.4 Å². The van der Waals surface area contributed by atoms with Crippen LogP contribution in [-0.2, 0) is 27.2 Å². The number of rotatable bonds is 8. The molecule has 0 aromatic carbocycles. The highest BCUT2D eigenvalue weighted by Crippen LogP contribution is 2.14. The molecule has 2 aromatic heterocycles. The van der Waals surface area contributed by atoms with E-state index in [2.05, 4.69) is 25.5 Å². The normalized spacial score (nSPS) is 17.3. The van der Waals surface area contributed by atoms with Gasteiger partial charge in [0.1, 0.15) is 18.0 Å². The Kier molecular flexibility index (Phi) is 7.09. The largest absolute Gasteiger partial charge is 0.384 e. The van der Waals surface area contributed by atoms with Crippen LogP contribution in [0.15, 0.2) is 18.6 Å². The number of amides is 1. The number of ether oxygens (including phenoxy) is 2. The van der Waals surface area contributed by atoms with E-state index in [4.69, 9.17) is 15.2 Å². The second kappa shape index (κ2) is 9.95. The zero-order chi connectivity index (χ0) is 19.8. The van der Waals surface area contributed by atoms with Gasteiger partial charge in [-0.05, 0) is 6.07 Å². The summed E-state index contributed by atoms with van der Waals surface area (Å²) in [6.07, 6.45) is 3.86. The summed E-state index contributed by atoms with van der Waals surface area (Å²) >= 11 is 0. The topological polar surface area (TPSA) is 133 Å². The Morgan fingerprint density at radius 2 is 2.39 bits per heavy atom. The van der Waals surface area contributed by atoms with Crippen molar-refractivity contribution in [3.63, 3.8) is 0 Å². The molecule has 3 heterocycles. The summed E-state index contributed by atoms with van der Waals surface area (Å²) in [5.74, 6) is 1.32. The Morgan fingerprint density at radius 3 is 3.21 bits per heavy atom. The standard InChI is InChI=1S/C17H26N8O3/c1-27-8-6-25-12-21-23-15(25)3-5-19-16(26)13-10-24(7-9-28-11-13)17-20-4-2-14(18)22-17/h2,4,12-13H,3,5-11H2,1H3,(H,19,26)(H2,18,20,22). The highest BCUT2D eigenvalue weighted by Gasteiger charge is 2.26. The number of nitrogens with zero attached hydrogens (tertiary/aromatic N) is 6. The summed E-state index contributed by atoms with van der Waals surface area (Å²) in [5.41, 5.74) is 5.74. The lowest BCUT2D eigenvalue weighted by Crippen LogP contribution is -2.41. The van der Waals surface area contributed by atoms with Crippen molar-refractivity contribution in [2.75, 3.05) is 57.2 Å². The molecule has 1 aliphatic heterocycles. The second-order valence-electron chi connectivity index (χ2n) is 6.47. The average Bonchev–Trinajstić information content (AvgIpc) is 2.98. The first-order chi connectivity index (χ1) is 13.7. The minimum Gasteiger partial charge on any atom is -0.384 e. The van der Waals surface area contributed by atoms with Gasteiger partial charge >= 0.3 is 0 Å². The number of hydrogen-bond acceptors (Lipinski definition) is 9. The molecule has 11 nitrogen and oxygen atoms in total. The van der Waals surface area contributed by atoms with Gasteiger partial charge in [0.25, 0.3) is 0 Å². The maximum Gasteiger partial charge on any atom is 0.227 e. The third kappa shape index (κ3) is 5.36. The van der Waals surface area contributed by atoms with E-state index >= 15 is 0 Å². The van der Waals surface area contributed by atoms with E-state index in [1.165, 1.54) is 0 Å². The SMILES string of the molecule is COCCn1cnnc1CCNC(=O)C1COCCN(c2nccc(N)n2)C1. The van der Waals surface area contributed by atoms with E-state index in [1.54, 1.807) is 25.7 Å². The number of nitrogen functional groups attached to an aromatic ring is 1. The summed E-state index contributed by atoms with van der Waals surface area (Å²) in [6, 6.07) is 1.63. The zero-order valence-electron chi connectivity index (χ0n) is 16.0. The minimum absolute atomic E-state index is 0.0706. The molecular formula is C17H26N8O3. The van der Waals surface area contributed by atoms with Crippen molar-refractivity contribution in [1.29, 1.82) is 0 Å². The molecule has 1 atom stereocenters. The van der Waals surface area contributed by atoms with Gasteiger partial charge in [-0.2, -0.15) is 4.98 Å². The predicted molar refractivity (Wildman–Crippen MR) is 102 cm³/mol. The summed E-state index contributed by atoms with van der Waals surface area (Å²) in [5, 5.41) is 11.0. The first-order valence-electron chi connectivity index (χ1n) is 9.22. The molecule has 1 aliphatic rings. The molecule has 0 bridgehead atoms. The fraction of sp³-hybridized carbons (Fsp3) is 0.588. The number of hydrogen-bond donors (Lipinski definition) is 2. The highest BCUT2D eigenvalue weighted by atomic mass is 16.5. The van der Waals surface area contributed by atoms with E-state index in [0.29, 0.717) is 64.2 Å². The third-order valence-electron chi connectivity index (χ3n) is 4.46. The van der Waals surface area contributed by atoms with Crippen LogP contribution in [0.4, 0.5) is 11.8 Å².